The fourth-order valence-electron chi connectivity index (χ4n) is 4.06. The largest absolute Gasteiger partial charge is 0.459 e. The average molecular weight is 360 g/mol. The maximum Gasteiger partial charge on any atom is 0.306 e. The summed E-state index contributed by atoms with van der Waals surface area (Å²) in [6.07, 6.45) is 10.8. The van der Waals surface area contributed by atoms with Crippen molar-refractivity contribution in [2.45, 2.75) is 70.8 Å². The summed E-state index contributed by atoms with van der Waals surface area (Å²) in [6.45, 7) is 0.0950. The van der Waals surface area contributed by atoms with Gasteiger partial charge in [0.25, 0.3) is 5.56 Å². The predicted octanol–water partition coefficient (Wildman–Crippen LogP) is 3.65. The van der Waals surface area contributed by atoms with Gasteiger partial charge >= 0.3 is 5.97 Å². The number of esters is 1. The number of aryl methyl sites for hydroxylation is 2. The number of nitrogens with zero attached hydrogens (tertiary/aromatic N) is 2. The second-order valence-electron chi connectivity index (χ2n) is 7.23. The molecule has 2 aromatic rings. The van der Waals surface area contributed by atoms with Gasteiger partial charge in [-0.3, -0.25) is 14.0 Å². The van der Waals surface area contributed by atoms with Crippen molar-refractivity contribution in [1.29, 1.82) is 0 Å². The summed E-state index contributed by atoms with van der Waals surface area (Å²) in [5.74, 6) is 0.503. The summed E-state index contributed by atoms with van der Waals surface area (Å²) in [7, 11) is 0. The van der Waals surface area contributed by atoms with Crippen LogP contribution in [0.15, 0.2) is 10.9 Å². The Morgan fingerprint density at radius 1 is 1.24 bits per heavy atom. The molecular formula is C19H24N2O3S. The first kappa shape index (κ1) is 16.8. The lowest BCUT2D eigenvalue weighted by Gasteiger charge is -2.10. The first-order chi connectivity index (χ1) is 12.2. The molecule has 0 radical (unpaired) electrons. The zero-order chi connectivity index (χ0) is 17.2. The van der Waals surface area contributed by atoms with Crippen molar-refractivity contribution in [2.24, 2.45) is 5.92 Å². The van der Waals surface area contributed by atoms with Crippen LogP contribution in [-0.4, -0.2) is 15.4 Å². The number of thiazole rings is 1. The van der Waals surface area contributed by atoms with Gasteiger partial charge < -0.3 is 4.74 Å². The fourth-order valence-corrected chi connectivity index (χ4v) is 5.30. The van der Waals surface area contributed by atoms with E-state index in [9.17, 15) is 9.59 Å². The van der Waals surface area contributed by atoms with Gasteiger partial charge in [0, 0.05) is 23.1 Å². The van der Waals surface area contributed by atoms with Gasteiger partial charge in [0.15, 0.2) is 4.96 Å². The molecule has 0 bridgehead atoms. The fraction of sp³-hybridized carbons (Fsp3) is 0.632. The van der Waals surface area contributed by atoms with Crippen molar-refractivity contribution in [3.63, 3.8) is 0 Å². The third-order valence-corrected chi connectivity index (χ3v) is 6.57. The summed E-state index contributed by atoms with van der Waals surface area (Å²) in [5, 5.41) is 0. The third kappa shape index (κ3) is 3.64. The van der Waals surface area contributed by atoms with Gasteiger partial charge in [-0.1, -0.05) is 25.7 Å². The molecule has 2 aromatic heterocycles. The van der Waals surface area contributed by atoms with Gasteiger partial charge in [-0.25, -0.2) is 4.98 Å². The van der Waals surface area contributed by atoms with E-state index in [-0.39, 0.29) is 18.1 Å². The Hall–Kier alpha value is -1.69. The van der Waals surface area contributed by atoms with E-state index in [4.69, 9.17) is 4.74 Å². The SMILES string of the molecule is O=C(CCC1CCCC1)OCc1cc(=O)n2c3c(sc2n1)CCCC3. The molecule has 134 valence electrons. The van der Waals surface area contributed by atoms with Gasteiger partial charge in [0.05, 0.1) is 5.69 Å². The molecule has 1 saturated carbocycles. The second-order valence-corrected chi connectivity index (χ2v) is 8.29. The van der Waals surface area contributed by atoms with E-state index in [2.05, 4.69) is 4.98 Å². The van der Waals surface area contributed by atoms with Crippen LogP contribution in [0.2, 0.25) is 0 Å². The second kappa shape index (κ2) is 7.28. The maximum atomic E-state index is 12.5. The molecule has 0 aliphatic heterocycles. The van der Waals surface area contributed by atoms with Gasteiger partial charge in [-0.2, -0.15) is 0 Å². The first-order valence-corrected chi connectivity index (χ1v) is 10.2. The number of carbonyl (C=O) groups excluding carboxylic acids is 1. The zero-order valence-corrected chi connectivity index (χ0v) is 15.3. The van der Waals surface area contributed by atoms with Crippen molar-refractivity contribution in [1.82, 2.24) is 9.38 Å². The van der Waals surface area contributed by atoms with Crippen LogP contribution in [0.25, 0.3) is 4.96 Å². The first-order valence-electron chi connectivity index (χ1n) is 9.39. The average Bonchev–Trinajstić information content (AvgIpc) is 3.25. The van der Waals surface area contributed by atoms with Crippen LogP contribution in [0, 0.1) is 5.92 Å². The summed E-state index contributed by atoms with van der Waals surface area (Å²) < 4.78 is 7.09. The molecule has 6 heteroatoms. The maximum absolute atomic E-state index is 12.5. The van der Waals surface area contributed by atoms with Crippen LogP contribution in [0.4, 0.5) is 0 Å². The number of fused-ring (bicyclic) bond motifs is 3. The van der Waals surface area contributed by atoms with Crippen molar-refractivity contribution < 1.29 is 9.53 Å². The van der Waals surface area contributed by atoms with Crippen LogP contribution < -0.4 is 5.56 Å². The van der Waals surface area contributed by atoms with Crippen LogP contribution in [0.1, 0.15) is 67.6 Å². The molecule has 25 heavy (non-hydrogen) atoms. The van der Waals surface area contributed by atoms with E-state index < -0.39 is 0 Å². The van der Waals surface area contributed by atoms with Gasteiger partial charge in [-0.15, -0.1) is 11.3 Å². The zero-order valence-electron chi connectivity index (χ0n) is 14.5. The molecule has 2 aliphatic carbocycles. The summed E-state index contributed by atoms with van der Waals surface area (Å²) >= 11 is 1.60. The molecule has 5 nitrogen and oxygen atoms in total. The molecule has 4 rings (SSSR count). The standard InChI is InChI=1S/C19H24N2O3S/c22-17-11-14(12-24-18(23)10-9-13-5-1-2-6-13)20-19-21(17)15-7-3-4-8-16(15)25-19/h11,13H,1-10,12H2. The van der Waals surface area contributed by atoms with Crippen LogP contribution in [0.3, 0.4) is 0 Å². The lowest BCUT2D eigenvalue weighted by atomic mass is 10.0. The highest BCUT2D eigenvalue weighted by Gasteiger charge is 2.19. The lowest BCUT2D eigenvalue weighted by molar-refractivity contribution is -0.145. The molecule has 0 amide bonds. The van der Waals surface area contributed by atoms with Crippen LogP contribution in [-0.2, 0) is 29.0 Å². The summed E-state index contributed by atoms with van der Waals surface area (Å²) in [6, 6.07) is 1.51. The summed E-state index contributed by atoms with van der Waals surface area (Å²) in [5.41, 5.74) is 1.63. The highest BCUT2D eigenvalue weighted by molar-refractivity contribution is 7.17. The van der Waals surface area contributed by atoms with Crippen molar-refractivity contribution in [3.8, 4) is 0 Å². The predicted molar refractivity (Wildman–Crippen MR) is 97.0 cm³/mol. The summed E-state index contributed by atoms with van der Waals surface area (Å²) in [4.78, 5) is 31.0. The number of aromatic nitrogens is 2. The minimum atomic E-state index is -0.181. The number of ether oxygens (including phenoxy) is 1. The monoisotopic (exact) mass is 360 g/mol. The third-order valence-electron chi connectivity index (χ3n) is 5.43. The number of rotatable bonds is 5. The van der Waals surface area contributed by atoms with E-state index in [1.165, 1.54) is 43.0 Å². The molecule has 1 fully saturated rings. The molecule has 0 aromatic carbocycles. The molecule has 0 N–H and O–H groups in total. The van der Waals surface area contributed by atoms with E-state index in [0.717, 1.165) is 36.3 Å². The van der Waals surface area contributed by atoms with Crippen LogP contribution >= 0.6 is 11.3 Å². The number of hydrogen-bond donors (Lipinski definition) is 0. The Morgan fingerprint density at radius 3 is 2.88 bits per heavy atom. The normalized spacial score (nSPS) is 17.8. The van der Waals surface area contributed by atoms with Gasteiger partial charge in [0.1, 0.15) is 6.61 Å². The van der Waals surface area contributed by atoms with E-state index >= 15 is 0 Å². The molecule has 0 atom stereocenters. The molecule has 2 aliphatic rings. The quantitative estimate of drug-likeness (QED) is 0.764. The number of carbonyl (C=O) groups is 1. The van der Waals surface area contributed by atoms with Crippen molar-refractivity contribution in [2.75, 3.05) is 0 Å². The molecule has 0 unspecified atom stereocenters. The van der Waals surface area contributed by atoms with Crippen molar-refractivity contribution >= 4 is 22.3 Å². The Morgan fingerprint density at radius 2 is 2.04 bits per heavy atom. The Labute approximate surface area is 151 Å². The van der Waals surface area contributed by atoms with Crippen LogP contribution in [0.5, 0.6) is 0 Å². The highest BCUT2D eigenvalue weighted by atomic mass is 32.1. The van der Waals surface area contributed by atoms with Gasteiger partial charge in [0.2, 0.25) is 0 Å². The lowest BCUT2D eigenvalue weighted by Crippen LogP contribution is -2.18. The Kier molecular flexibility index (Phi) is 4.88. The molecule has 0 spiro atoms. The van der Waals surface area contributed by atoms with E-state index in [1.54, 1.807) is 15.7 Å². The highest BCUT2D eigenvalue weighted by Crippen LogP contribution is 2.29. The molecule has 0 saturated heterocycles. The minimum absolute atomic E-state index is 0.0543. The number of hydrogen-bond acceptors (Lipinski definition) is 5. The Bertz CT molecular complexity index is 833. The minimum Gasteiger partial charge on any atom is -0.459 e. The molecule has 2 heterocycles. The molecular weight excluding hydrogens is 336 g/mol. The topological polar surface area (TPSA) is 60.7 Å². The van der Waals surface area contributed by atoms with E-state index in [0.29, 0.717) is 18.0 Å². The smallest absolute Gasteiger partial charge is 0.306 e. The Balaban J connectivity index is 1.41. The van der Waals surface area contributed by atoms with E-state index in [1.807, 2.05) is 0 Å². The van der Waals surface area contributed by atoms with Gasteiger partial charge in [-0.05, 0) is 38.0 Å². The van der Waals surface area contributed by atoms with Crippen molar-refractivity contribution in [3.05, 3.63) is 32.7 Å².